The second-order valence-electron chi connectivity index (χ2n) is 6.73. The number of rotatable bonds is 7. The summed E-state index contributed by atoms with van der Waals surface area (Å²) >= 11 is 1.94. The SMILES string of the molecule is CC[C@H](C(=O)N1CCC(CSCc2ccco2)CC1)c1ccccc1. The molecule has 0 aliphatic carbocycles. The lowest BCUT2D eigenvalue weighted by Gasteiger charge is -2.34. The Hall–Kier alpha value is -1.68. The summed E-state index contributed by atoms with van der Waals surface area (Å²) in [5, 5.41) is 0. The molecule has 25 heavy (non-hydrogen) atoms. The monoisotopic (exact) mass is 357 g/mol. The summed E-state index contributed by atoms with van der Waals surface area (Å²) in [6.45, 7) is 3.90. The zero-order valence-corrected chi connectivity index (χ0v) is 15.7. The molecule has 1 amide bonds. The molecule has 0 spiro atoms. The van der Waals surface area contributed by atoms with Crippen molar-refractivity contribution in [2.45, 2.75) is 37.9 Å². The molecule has 1 saturated heterocycles. The summed E-state index contributed by atoms with van der Waals surface area (Å²) in [6.07, 6.45) is 4.82. The highest BCUT2D eigenvalue weighted by Crippen LogP contribution is 2.27. The molecule has 3 rings (SSSR count). The predicted octanol–water partition coefficient (Wildman–Crippen LogP) is 4.95. The number of likely N-dealkylation sites (tertiary alicyclic amines) is 1. The molecule has 1 aromatic carbocycles. The maximum absolute atomic E-state index is 12.9. The molecular weight excluding hydrogens is 330 g/mol. The van der Waals surface area contributed by atoms with E-state index in [2.05, 4.69) is 24.0 Å². The fraction of sp³-hybridized carbons (Fsp3) is 0.476. The number of thioether (sulfide) groups is 1. The molecule has 2 heterocycles. The van der Waals surface area contributed by atoms with Gasteiger partial charge in [-0.1, -0.05) is 37.3 Å². The van der Waals surface area contributed by atoms with E-state index in [0.29, 0.717) is 11.8 Å². The van der Waals surface area contributed by atoms with Gasteiger partial charge in [-0.25, -0.2) is 0 Å². The fourth-order valence-electron chi connectivity index (χ4n) is 3.50. The number of piperidine rings is 1. The van der Waals surface area contributed by atoms with Crippen molar-refractivity contribution in [3.8, 4) is 0 Å². The zero-order valence-electron chi connectivity index (χ0n) is 14.9. The van der Waals surface area contributed by atoms with Crippen LogP contribution in [0.25, 0.3) is 0 Å². The largest absolute Gasteiger partial charge is 0.468 e. The molecule has 4 heteroatoms. The van der Waals surface area contributed by atoms with Gasteiger partial charge in [0.05, 0.1) is 17.9 Å². The van der Waals surface area contributed by atoms with Crippen LogP contribution >= 0.6 is 11.8 Å². The number of carbonyl (C=O) groups is 1. The van der Waals surface area contributed by atoms with Crippen LogP contribution in [0.5, 0.6) is 0 Å². The van der Waals surface area contributed by atoms with Crippen LogP contribution in [-0.2, 0) is 10.5 Å². The van der Waals surface area contributed by atoms with Gasteiger partial charge in [0.2, 0.25) is 5.91 Å². The third-order valence-electron chi connectivity index (χ3n) is 5.01. The Labute approximate surface area is 154 Å². The van der Waals surface area contributed by atoms with Gasteiger partial charge in [-0.15, -0.1) is 0 Å². The van der Waals surface area contributed by atoms with Crippen molar-refractivity contribution in [1.82, 2.24) is 4.90 Å². The van der Waals surface area contributed by atoms with Gasteiger partial charge in [0.25, 0.3) is 0 Å². The van der Waals surface area contributed by atoms with E-state index in [4.69, 9.17) is 4.42 Å². The van der Waals surface area contributed by atoms with Crippen molar-refractivity contribution in [2.24, 2.45) is 5.92 Å². The molecule has 0 radical (unpaired) electrons. The Morgan fingerprint density at radius 1 is 1.20 bits per heavy atom. The van der Waals surface area contributed by atoms with E-state index >= 15 is 0 Å². The summed E-state index contributed by atoms with van der Waals surface area (Å²) < 4.78 is 5.38. The molecule has 2 aromatic rings. The summed E-state index contributed by atoms with van der Waals surface area (Å²) in [6, 6.07) is 14.2. The molecule has 3 nitrogen and oxygen atoms in total. The van der Waals surface area contributed by atoms with Crippen molar-refractivity contribution in [2.75, 3.05) is 18.8 Å². The molecule has 0 unspecified atom stereocenters. The lowest BCUT2D eigenvalue weighted by Crippen LogP contribution is -2.41. The number of furan rings is 1. The van der Waals surface area contributed by atoms with E-state index in [-0.39, 0.29) is 5.92 Å². The van der Waals surface area contributed by atoms with Crippen LogP contribution < -0.4 is 0 Å². The molecule has 1 aliphatic rings. The minimum absolute atomic E-state index is 0.00563. The maximum Gasteiger partial charge on any atom is 0.230 e. The highest BCUT2D eigenvalue weighted by molar-refractivity contribution is 7.98. The van der Waals surface area contributed by atoms with Gasteiger partial charge in [0.1, 0.15) is 5.76 Å². The van der Waals surface area contributed by atoms with Gasteiger partial charge in [-0.3, -0.25) is 4.79 Å². The third kappa shape index (κ3) is 4.91. The molecule has 0 saturated carbocycles. The first-order chi connectivity index (χ1) is 12.3. The first-order valence-electron chi connectivity index (χ1n) is 9.21. The molecule has 1 aliphatic heterocycles. The highest BCUT2D eigenvalue weighted by Gasteiger charge is 2.28. The van der Waals surface area contributed by atoms with Crippen molar-refractivity contribution >= 4 is 17.7 Å². The quantitative estimate of drug-likeness (QED) is 0.703. The number of hydrogen-bond acceptors (Lipinski definition) is 3. The summed E-state index contributed by atoms with van der Waals surface area (Å²) in [4.78, 5) is 15.0. The first-order valence-corrected chi connectivity index (χ1v) is 10.4. The van der Waals surface area contributed by atoms with E-state index in [1.54, 1.807) is 6.26 Å². The molecule has 134 valence electrons. The van der Waals surface area contributed by atoms with Crippen molar-refractivity contribution in [1.29, 1.82) is 0 Å². The van der Waals surface area contributed by atoms with Crippen LogP contribution in [0.15, 0.2) is 53.1 Å². The standard InChI is InChI=1S/C21H27NO2S/c1-2-20(18-7-4-3-5-8-18)21(23)22-12-10-17(11-13-22)15-25-16-19-9-6-14-24-19/h3-9,14,17,20H,2,10-13,15-16H2,1H3/t20-/m0/s1. The number of amides is 1. The molecule has 0 bridgehead atoms. The van der Waals surface area contributed by atoms with E-state index in [9.17, 15) is 4.79 Å². The Balaban J connectivity index is 1.45. The normalized spacial score (nSPS) is 16.8. The molecule has 1 atom stereocenters. The van der Waals surface area contributed by atoms with Gasteiger partial charge < -0.3 is 9.32 Å². The topological polar surface area (TPSA) is 33.5 Å². The van der Waals surface area contributed by atoms with Gasteiger partial charge in [0.15, 0.2) is 0 Å². The molecular formula is C21H27NO2S. The summed E-state index contributed by atoms with van der Waals surface area (Å²) in [5.74, 6) is 4.16. The number of hydrogen-bond donors (Lipinski definition) is 0. The van der Waals surface area contributed by atoms with Crippen LogP contribution in [0.3, 0.4) is 0 Å². The molecule has 1 fully saturated rings. The van der Waals surface area contributed by atoms with E-state index in [0.717, 1.165) is 55.2 Å². The van der Waals surface area contributed by atoms with Crippen molar-refractivity contribution in [3.63, 3.8) is 0 Å². The minimum Gasteiger partial charge on any atom is -0.468 e. The average Bonchev–Trinajstić information content (AvgIpc) is 3.17. The first kappa shape index (κ1) is 18.1. The maximum atomic E-state index is 12.9. The smallest absolute Gasteiger partial charge is 0.230 e. The minimum atomic E-state index is 0.00563. The van der Waals surface area contributed by atoms with Gasteiger partial charge in [-0.05, 0) is 48.6 Å². The van der Waals surface area contributed by atoms with Gasteiger partial charge >= 0.3 is 0 Å². The number of nitrogens with zero attached hydrogens (tertiary/aromatic N) is 1. The Bertz CT molecular complexity index is 633. The Morgan fingerprint density at radius 2 is 1.96 bits per heavy atom. The van der Waals surface area contributed by atoms with Crippen LogP contribution in [-0.4, -0.2) is 29.6 Å². The van der Waals surface area contributed by atoms with E-state index in [1.807, 2.05) is 42.1 Å². The Morgan fingerprint density at radius 3 is 2.60 bits per heavy atom. The fourth-order valence-corrected chi connectivity index (χ4v) is 4.65. The van der Waals surface area contributed by atoms with Crippen LogP contribution in [0.4, 0.5) is 0 Å². The van der Waals surface area contributed by atoms with E-state index in [1.165, 1.54) is 0 Å². The van der Waals surface area contributed by atoms with Crippen LogP contribution in [0, 0.1) is 5.92 Å². The third-order valence-corrected chi connectivity index (χ3v) is 6.21. The van der Waals surface area contributed by atoms with Crippen molar-refractivity contribution < 1.29 is 9.21 Å². The molecule has 1 aromatic heterocycles. The number of benzene rings is 1. The second-order valence-corrected chi connectivity index (χ2v) is 7.76. The van der Waals surface area contributed by atoms with Crippen LogP contribution in [0.1, 0.15) is 43.4 Å². The Kier molecular flexibility index (Phi) is 6.62. The van der Waals surface area contributed by atoms with Gasteiger partial charge in [-0.2, -0.15) is 11.8 Å². The second kappa shape index (κ2) is 9.14. The van der Waals surface area contributed by atoms with Crippen molar-refractivity contribution in [3.05, 3.63) is 60.1 Å². The lowest BCUT2D eigenvalue weighted by molar-refractivity contribution is -0.134. The van der Waals surface area contributed by atoms with Gasteiger partial charge in [0, 0.05) is 13.1 Å². The zero-order chi connectivity index (χ0) is 17.5. The molecule has 0 N–H and O–H groups in total. The lowest BCUT2D eigenvalue weighted by atomic mass is 9.92. The highest BCUT2D eigenvalue weighted by atomic mass is 32.2. The van der Waals surface area contributed by atoms with Crippen LogP contribution in [0.2, 0.25) is 0 Å². The number of carbonyl (C=O) groups excluding carboxylic acids is 1. The predicted molar refractivity (Wildman–Crippen MR) is 104 cm³/mol. The summed E-state index contributed by atoms with van der Waals surface area (Å²) in [7, 11) is 0. The van der Waals surface area contributed by atoms with E-state index < -0.39 is 0 Å². The average molecular weight is 358 g/mol. The summed E-state index contributed by atoms with van der Waals surface area (Å²) in [5.41, 5.74) is 1.14.